The Morgan fingerprint density at radius 2 is 2.17 bits per heavy atom. The van der Waals surface area contributed by atoms with Gasteiger partial charge in [-0.25, -0.2) is 0 Å². The third-order valence-electron chi connectivity index (χ3n) is 2.55. The van der Waals surface area contributed by atoms with Crippen LogP contribution in [0.15, 0.2) is 0 Å². The number of nitrogens with two attached hydrogens (primary N) is 1. The lowest BCUT2D eigenvalue weighted by molar-refractivity contribution is -0.128. The van der Waals surface area contributed by atoms with Crippen LogP contribution in [0, 0.1) is 5.92 Å². The SMILES string of the molecule is NC(=O)[C@@H]1CC(=O)N(C2CC2)C1. The van der Waals surface area contributed by atoms with Gasteiger partial charge in [0.15, 0.2) is 0 Å². The van der Waals surface area contributed by atoms with Gasteiger partial charge in [0.05, 0.1) is 5.92 Å². The number of primary amides is 1. The van der Waals surface area contributed by atoms with Gasteiger partial charge >= 0.3 is 0 Å². The van der Waals surface area contributed by atoms with E-state index in [9.17, 15) is 9.59 Å². The molecule has 1 atom stereocenters. The van der Waals surface area contributed by atoms with Crippen molar-refractivity contribution in [2.75, 3.05) is 6.54 Å². The Bertz CT molecular complexity index is 235. The molecule has 66 valence electrons. The number of rotatable bonds is 2. The Kier molecular flexibility index (Phi) is 1.56. The van der Waals surface area contributed by atoms with E-state index in [4.69, 9.17) is 5.73 Å². The summed E-state index contributed by atoms with van der Waals surface area (Å²) in [5.74, 6) is -0.481. The molecule has 2 rings (SSSR count). The minimum Gasteiger partial charge on any atom is -0.369 e. The highest BCUT2D eigenvalue weighted by molar-refractivity contribution is 5.88. The number of nitrogens with zero attached hydrogens (tertiary/aromatic N) is 1. The first kappa shape index (κ1) is 7.58. The van der Waals surface area contributed by atoms with Crippen LogP contribution in [-0.4, -0.2) is 29.3 Å². The monoisotopic (exact) mass is 168 g/mol. The van der Waals surface area contributed by atoms with Gasteiger partial charge in [0.1, 0.15) is 0 Å². The van der Waals surface area contributed by atoms with Crippen LogP contribution in [0.4, 0.5) is 0 Å². The molecule has 0 unspecified atom stereocenters. The van der Waals surface area contributed by atoms with Crippen LogP contribution in [0.25, 0.3) is 0 Å². The minimum atomic E-state index is -0.341. The lowest BCUT2D eigenvalue weighted by atomic mass is 10.1. The maximum atomic E-state index is 11.3. The lowest BCUT2D eigenvalue weighted by Crippen LogP contribution is -2.30. The van der Waals surface area contributed by atoms with Gasteiger partial charge in [-0.1, -0.05) is 0 Å². The number of carbonyl (C=O) groups is 2. The largest absolute Gasteiger partial charge is 0.369 e. The van der Waals surface area contributed by atoms with Gasteiger partial charge in [-0.2, -0.15) is 0 Å². The highest BCUT2D eigenvalue weighted by atomic mass is 16.2. The lowest BCUT2D eigenvalue weighted by Gasteiger charge is -2.13. The standard InChI is InChI=1S/C8H12N2O2/c9-8(12)5-3-7(11)10(4-5)6-1-2-6/h5-6H,1-4H2,(H2,9,12)/t5-/m1/s1. The molecule has 0 radical (unpaired) electrons. The summed E-state index contributed by atoms with van der Waals surface area (Å²) in [6.07, 6.45) is 2.51. The molecular weight excluding hydrogens is 156 g/mol. The molecule has 1 heterocycles. The number of likely N-dealkylation sites (tertiary alicyclic amines) is 1. The summed E-state index contributed by atoms with van der Waals surface area (Å²) in [4.78, 5) is 23.9. The second kappa shape index (κ2) is 2.47. The van der Waals surface area contributed by atoms with E-state index in [0.717, 1.165) is 12.8 Å². The number of hydrogen-bond acceptors (Lipinski definition) is 2. The molecule has 2 fully saturated rings. The van der Waals surface area contributed by atoms with Gasteiger partial charge in [0, 0.05) is 19.0 Å². The fourth-order valence-corrected chi connectivity index (χ4v) is 1.66. The van der Waals surface area contributed by atoms with Crippen molar-refractivity contribution in [3.8, 4) is 0 Å². The van der Waals surface area contributed by atoms with E-state index in [1.165, 1.54) is 0 Å². The molecule has 0 bridgehead atoms. The Hall–Kier alpha value is -1.06. The smallest absolute Gasteiger partial charge is 0.223 e. The predicted molar refractivity (Wildman–Crippen MR) is 42.0 cm³/mol. The summed E-state index contributed by atoms with van der Waals surface area (Å²) in [5, 5.41) is 0. The van der Waals surface area contributed by atoms with Crippen LogP contribution in [0.3, 0.4) is 0 Å². The first-order chi connectivity index (χ1) is 5.68. The molecule has 2 amide bonds. The van der Waals surface area contributed by atoms with Gasteiger partial charge in [-0.3, -0.25) is 9.59 Å². The molecule has 2 N–H and O–H groups in total. The van der Waals surface area contributed by atoms with E-state index >= 15 is 0 Å². The third kappa shape index (κ3) is 1.17. The maximum Gasteiger partial charge on any atom is 0.223 e. The number of hydrogen-bond donors (Lipinski definition) is 1. The molecule has 2 aliphatic rings. The summed E-state index contributed by atoms with van der Waals surface area (Å²) in [6.45, 7) is 0.554. The van der Waals surface area contributed by atoms with E-state index in [-0.39, 0.29) is 17.7 Å². The first-order valence-corrected chi connectivity index (χ1v) is 4.27. The van der Waals surface area contributed by atoms with Crippen molar-refractivity contribution < 1.29 is 9.59 Å². The highest BCUT2D eigenvalue weighted by Crippen LogP contribution is 2.32. The minimum absolute atomic E-state index is 0.0984. The zero-order valence-electron chi connectivity index (χ0n) is 6.82. The summed E-state index contributed by atoms with van der Waals surface area (Å²) < 4.78 is 0. The molecule has 0 aromatic heterocycles. The van der Waals surface area contributed by atoms with Crippen molar-refractivity contribution in [1.29, 1.82) is 0 Å². The average Bonchev–Trinajstić information content (AvgIpc) is 2.75. The molecule has 12 heavy (non-hydrogen) atoms. The molecule has 1 aliphatic carbocycles. The average molecular weight is 168 g/mol. The summed E-state index contributed by atoms with van der Waals surface area (Å²) in [7, 11) is 0. The van der Waals surface area contributed by atoms with Crippen molar-refractivity contribution in [1.82, 2.24) is 4.90 Å². The summed E-state index contributed by atoms with van der Waals surface area (Å²) >= 11 is 0. The maximum absolute atomic E-state index is 11.3. The van der Waals surface area contributed by atoms with Crippen molar-refractivity contribution in [3.05, 3.63) is 0 Å². The highest BCUT2D eigenvalue weighted by Gasteiger charge is 2.40. The van der Waals surface area contributed by atoms with Gasteiger partial charge in [-0.15, -0.1) is 0 Å². The van der Waals surface area contributed by atoms with Crippen LogP contribution in [0.1, 0.15) is 19.3 Å². The molecule has 1 saturated heterocycles. The zero-order valence-corrected chi connectivity index (χ0v) is 6.82. The van der Waals surface area contributed by atoms with Crippen molar-refractivity contribution >= 4 is 11.8 Å². The second-order valence-corrected chi connectivity index (χ2v) is 3.58. The molecule has 0 aromatic rings. The Labute approximate surface area is 70.7 Å². The van der Waals surface area contributed by atoms with E-state index in [0.29, 0.717) is 19.0 Å². The van der Waals surface area contributed by atoms with E-state index < -0.39 is 0 Å². The van der Waals surface area contributed by atoms with Crippen molar-refractivity contribution in [2.45, 2.75) is 25.3 Å². The molecule has 0 aromatic carbocycles. The van der Waals surface area contributed by atoms with E-state index in [2.05, 4.69) is 0 Å². The van der Waals surface area contributed by atoms with E-state index in [1.807, 2.05) is 0 Å². The van der Waals surface area contributed by atoms with Gasteiger partial charge in [0.25, 0.3) is 0 Å². The first-order valence-electron chi connectivity index (χ1n) is 4.27. The van der Waals surface area contributed by atoms with Crippen LogP contribution in [0.5, 0.6) is 0 Å². The van der Waals surface area contributed by atoms with E-state index in [1.54, 1.807) is 4.90 Å². The molecule has 0 spiro atoms. The Morgan fingerprint density at radius 3 is 2.58 bits per heavy atom. The van der Waals surface area contributed by atoms with Crippen LogP contribution in [-0.2, 0) is 9.59 Å². The van der Waals surface area contributed by atoms with Crippen LogP contribution in [0.2, 0.25) is 0 Å². The summed E-state index contributed by atoms with van der Waals surface area (Å²) in [6, 6.07) is 0.418. The fourth-order valence-electron chi connectivity index (χ4n) is 1.66. The topological polar surface area (TPSA) is 63.4 Å². The predicted octanol–water partition coefficient (Wildman–Crippen LogP) is -0.517. The van der Waals surface area contributed by atoms with Crippen LogP contribution < -0.4 is 5.73 Å². The molecule has 4 heteroatoms. The molecule has 4 nitrogen and oxygen atoms in total. The summed E-state index contributed by atoms with van der Waals surface area (Å²) in [5.41, 5.74) is 5.12. The van der Waals surface area contributed by atoms with Crippen LogP contribution >= 0.6 is 0 Å². The third-order valence-corrected chi connectivity index (χ3v) is 2.55. The van der Waals surface area contributed by atoms with Crippen molar-refractivity contribution in [3.63, 3.8) is 0 Å². The quantitative estimate of drug-likeness (QED) is 0.603. The zero-order chi connectivity index (χ0) is 8.72. The number of carbonyl (C=O) groups excluding carboxylic acids is 2. The Balaban J connectivity index is 2.01. The Morgan fingerprint density at radius 1 is 1.50 bits per heavy atom. The van der Waals surface area contributed by atoms with Gasteiger partial charge < -0.3 is 10.6 Å². The second-order valence-electron chi connectivity index (χ2n) is 3.58. The van der Waals surface area contributed by atoms with Crippen molar-refractivity contribution in [2.24, 2.45) is 11.7 Å². The fraction of sp³-hybridized carbons (Fsp3) is 0.750. The molecule has 1 saturated carbocycles. The molecule has 1 aliphatic heterocycles. The molecular formula is C8H12N2O2. The van der Waals surface area contributed by atoms with Gasteiger partial charge in [0.2, 0.25) is 11.8 Å². The van der Waals surface area contributed by atoms with Gasteiger partial charge in [-0.05, 0) is 12.8 Å². The number of amides is 2. The normalized spacial score (nSPS) is 29.5.